The van der Waals surface area contributed by atoms with Crippen molar-refractivity contribution in [3.05, 3.63) is 0 Å². The molecule has 2 nitrogen and oxygen atoms in total. The van der Waals surface area contributed by atoms with Crippen molar-refractivity contribution in [3.8, 4) is 0 Å². The molecule has 0 aromatic rings. The number of hydrogen-bond donors (Lipinski definition) is 0. The van der Waals surface area contributed by atoms with E-state index in [0.717, 1.165) is 0 Å². The standard InChI is InChI=1S/C6H8F5O2/c7-5(8,9)1-3-13-4-2-6(10,11)12/h1-4H2. The Bertz CT molecular complexity index is 123. The summed E-state index contributed by atoms with van der Waals surface area (Å²) < 4.78 is 61.5. The molecule has 0 saturated heterocycles. The lowest BCUT2D eigenvalue weighted by Gasteiger charge is -2.08. The molecule has 13 heavy (non-hydrogen) atoms. The Hall–Kier alpha value is -0.430. The number of ether oxygens (including phenoxy) is 1. The van der Waals surface area contributed by atoms with Crippen LogP contribution in [0.1, 0.15) is 12.8 Å². The molecule has 0 aromatic heterocycles. The molecular weight excluding hydrogens is 199 g/mol. The molecule has 79 valence electrons. The van der Waals surface area contributed by atoms with Crippen molar-refractivity contribution in [1.82, 2.24) is 0 Å². The summed E-state index contributed by atoms with van der Waals surface area (Å²) in [6.07, 6.45) is -10.8. The van der Waals surface area contributed by atoms with Crippen LogP contribution in [0.25, 0.3) is 0 Å². The SMILES string of the molecule is [O]C(F)(F)CCOCCC(F)(F)F. The highest BCUT2D eigenvalue weighted by atomic mass is 19.4. The van der Waals surface area contributed by atoms with E-state index < -0.39 is 38.3 Å². The number of rotatable bonds is 5. The van der Waals surface area contributed by atoms with E-state index in [1.165, 1.54) is 0 Å². The average molecular weight is 207 g/mol. The summed E-state index contributed by atoms with van der Waals surface area (Å²) in [5.41, 5.74) is 0. The van der Waals surface area contributed by atoms with Crippen LogP contribution in [-0.2, 0) is 9.84 Å². The second kappa shape index (κ2) is 4.71. The van der Waals surface area contributed by atoms with Gasteiger partial charge in [0.15, 0.2) is 0 Å². The van der Waals surface area contributed by atoms with E-state index >= 15 is 0 Å². The highest BCUT2D eigenvalue weighted by molar-refractivity contribution is 4.50. The number of alkyl halides is 5. The molecule has 0 unspecified atom stereocenters. The third-order valence-corrected chi connectivity index (χ3v) is 1.07. The molecule has 0 aliphatic heterocycles. The molecule has 0 N–H and O–H groups in total. The van der Waals surface area contributed by atoms with Crippen LogP contribution in [0.3, 0.4) is 0 Å². The quantitative estimate of drug-likeness (QED) is 0.502. The first-order valence-corrected chi connectivity index (χ1v) is 3.43. The van der Waals surface area contributed by atoms with Gasteiger partial charge in [0.25, 0.3) is 0 Å². The van der Waals surface area contributed by atoms with E-state index in [-0.39, 0.29) is 0 Å². The third kappa shape index (κ3) is 11.6. The molecule has 0 atom stereocenters. The molecule has 0 aromatic carbocycles. The van der Waals surface area contributed by atoms with Gasteiger partial charge in [-0.2, -0.15) is 27.1 Å². The summed E-state index contributed by atoms with van der Waals surface area (Å²) in [6, 6.07) is 0. The average Bonchev–Trinajstić information content (AvgIpc) is 1.81. The molecule has 1 radical (unpaired) electrons. The van der Waals surface area contributed by atoms with Gasteiger partial charge in [0.2, 0.25) is 0 Å². The molecule has 0 bridgehead atoms. The summed E-state index contributed by atoms with van der Waals surface area (Å²) in [5.74, 6) is 0. The van der Waals surface area contributed by atoms with Crippen molar-refractivity contribution < 1.29 is 31.8 Å². The second-order valence-electron chi connectivity index (χ2n) is 2.36. The minimum Gasteiger partial charge on any atom is -0.381 e. The van der Waals surface area contributed by atoms with Crippen molar-refractivity contribution in [2.24, 2.45) is 0 Å². The first kappa shape index (κ1) is 12.6. The molecule has 0 spiro atoms. The molecule has 0 amide bonds. The van der Waals surface area contributed by atoms with E-state index in [4.69, 9.17) is 0 Å². The highest BCUT2D eigenvalue weighted by Gasteiger charge is 2.28. The van der Waals surface area contributed by atoms with E-state index in [1.54, 1.807) is 0 Å². The van der Waals surface area contributed by atoms with Gasteiger partial charge in [-0.25, -0.2) is 0 Å². The minimum atomic E-state index is -4.36. The van der Waals surface area contributed by atoms with Gasteiger partial charge < -0.3 is 4.74 Å². The van der Waals surface area contributed by atoms with Crippen LogP contribution >= 0.6 is 0 Å². The Balaban J connectivity index is 3.28. The third-order valence-electron chi connectivity index (χ3n) is 1.07. The van der Waals surface area contributed by atoms with Crippen LogP contribution < -0.4 is 0 Å². The Morgan fingerprint density at radius 2 is 1.38 bits per heavy atom. The first-order valence-electron chi connectivity index (χ1n) is 3.43. The van der Waals surface area contributed by atoms with Gasteiger partial charge in [-0.1, -0.05) is 0 Å². The Morgan fingerprint density at radius 3 is 1.77 bits per heavy atom. The fourth-order valence-corrected chi connectivity index (χ4v) is 0.481. The van der Waals surface area contributed by atoms with Crippen molar-refractivity contribution >= 4 is 0 Å². The lowest BCUT2D eigenvalue weighted by atomic mass is 10.4. The molecule has 7 heteroatoms. The molecule has 0 fully saturated rings. The van der Waals surface area contributed by atoms with E-state index in [2.05, 4.69) is 4.74 Å². The van der Waals surface area contributed by atoms with Gasteiger partial charge in [0.05, 0.1) is 26.1 Å². The molecule has 0 aliphatic rings. The molecule has 0 aliphatic carbocycles. The lowest BCUT2D eigenvalue weighted by molar-refractivity contribution is -0.250. The Morgan fingerprint density at radius 1 is 0.923 bits per heavy atom. The topological polar surface area (TPSA) is 29.1 Å². The van der Waals surface area contributed by atoms with Gasteiger partial charge in [-0.05, 0) is 0 Å². The summed E-state index contributed by atoms with van der Waals surface area (Å²) in [6.45, 7) is -1.36. The molecule has 0 heterocycles. The number of hydrogen-bond acceptors (Lipinski definition) is 1. The van der Waals surface area contributed by atoms with Crippen molar-refractivity contribution in [1.29, 1.82) is 0 Å². The molecule has 0 saturated carbocycles. The van der Waals surface area contributed by atoms with Gasteiger partial charge in [-0.15, -0.1) is 0 Å². The zero-order valence-electron chi connectivity index (χ0n) is 6.53. The molecular formula is C6H8F5O2. The Kier molecular flexibility index (Phi) is 4.55. The predicted molar refractivity (Wildman–Crippen MR) is 31.7 cm³/mol. The van der Waals surface area contributed by atoms with Gasteiger partial charge in [0, 0.05) is 0 Å². The van der Waals surface area contributed by atoms with Crippen LogP contribution in [-0.4, -0.2) is 25.5 Å². The second-order valence-corrected chi connectivity index (χ2v) is 2.36. The maximum Gasteiger partial charge on any atom is 0.391 e. The predicted octanol–water partition coefficient (Wildman–Crippen LogP) is 2.37. The monoisotopic (exact) mass is 207 g/mol. The van der Waals surface area contributed by atoms with Gasteiger partial charge in [-0.3, -0.25) is 0 Å². The van der Waals surface area contributed by atoms with Crippen LogP contribution in [0.4, 0.5) is 22.0 Å². The largest absolute Gasteiger partial charge is 0.391 e. The van der Waals surface area contributed by atoms with E-state index in [0.29, 0.717) is 0 Å². The highest BCUT2D eigenvalue weighted by Crippen LogP contribution is 2.19. The van der Waals surface area contributed by atoms with Gasteiger partial charge in [0.1, 0.15) is 0 Å². The van der Waals surface area contributed by atoms with Crippen molar-refractivity contribution in [3.63, 3.8) is 0 Å². The molecule has 0 rings (SSSR count). The fourth-order valence-electron chi connectivity index (χ4n) is 0.481. The zero-order valence-corrected chi connectivity index (χ0v) is 6.53. The first-order chi connectivity index (χ1) is 5.71. The summed E-state index contributed by atoms with van der Waals surface area (Å²) >= 11 is 0. The maximum atomic E-state index is 11.5. The lowest BCUT2D eigenvalue weighted by Crippen LogP contribution is -2.17. The van der Waals surface area contributed by atoms with Gasteiger partial charge >= 0.3 is 12.3 Å². The van der Waals surface area contributed by atoms with Crippen molar-refractivity contribution in [2.45, 2.75) is 25.1 Å². The summed E-state index contributed by atoms with van der Waals surface area (Å²) in [5, 5.41) is 9.63. The zero-order chi connectivity index (χ0) is 10.5. The van der Waals surface area contributed by atoms with Crippen LogP contribution in [0.2, 0.25) is 0 Å². The smallest absolute Gasteiger partial charge is 0.381 e. The minimum absolute atomic E-state index is 0.660. The Labute approximate surface area is 71.3 Å². The van der Waals surface area contributed by atoms with Crippen LogP contribution in [0.15, 0.2) is 0 Å². The van der Waals surface area contributed by atoms with E-state index in [9.17, 15) is 27.1 Å². The van der Waals surface area contributed by atoms with Crippen LogP contribution in [0, 0.1) is 0 Å². The summed E-state index contributed by atoms with van der Waals surface area (Å²) in [4.78, 5) is 0. The van der Waals surface area contributed by atoms with Crippen molar-refractivity contribution in [2.75, 3.05) is 13.2 Å². The number of halogens is 5. The normalized spacial score (nSPS) is 13.4. The van der Waals surface area contributed by atoms with Crippen LogP contribution in [0.5, 0.6) is 0 Å². The van der Waals surface area contributed by atoms with E-state index in [1.807, 2.05) is 0 Å². The fraction of sp³-hybridized carbons (Fsp3) is 1.00. The summed E-state index contributed by atoms with van der Waals surface area (Å²) in [7, 11) is 0. The maximum absolute atomic E-state index is 11.5.